The van der Waals surface area contributed by atoms with Crippen molar-refractivity contribution >= 4 is 0 Å². The van der Waals surface area contributed by atoms with E-state index in [1.165, 1.54) is 0 Å². The van der Waals surface area contributed by atoms with Gasteiger partial charge in [0.1, 0.15) is 0 Å². The molecule has 5 heteroatoms. The van der Waals surface area contributed by atoms with Crippen LogP contribution in [0, 0.1) is 0 Å². The maximum Gasteiger partial charge on any atom is 0.0936 e. The number of hydrogen-bond acceptors (Lipinski definition) is 5. The Bertz CT molecular complexity index is 401. The average Bonchev–Trinajstić information content (AvgIpc) is 2.47. The van der Waals surface area contributed by atoms with Gasteiger partial charge in [0.05, 0.1) is 30.6 Å². The van der Waals surface area contributed by atoms with Crippen molar-refractivity contribution in [1.82, 2.24) is 9.88 Å². The lowest BCUT2D eigenvalue weighted by Gasteiger charge is -2.42. The maximum absolute atomic E-state index is 9.38. The largest absolute Gasteiger partial charge is 0.394 e. The Morgan fingerprint density at radius 1 is 1.50 bits per heavy atom. The molecule has 1 aromatic heterocycles. The summed E-state index contributed by atoms with van der Waals surface area (Å²) in [5.41, 5.74) is 7.32. The van der Waals surface area contributed by atoms with E-state index in [2.05, 4.69) is 16.8 Å². The first-order valence-corrected chi connectivity index (χ1v) is 7.32. The van der Waals surface area contributed by atoms with Crippen LogP contribution < -0.4 is 5.73 Å². The van der Waals surface area contributed by atoms with Gasteiger partial charge in [0.25, 0.3) is 0 Å². The summed E-state index contributed by atoms with van der Waals surface area (Å²) in [6, 6.07) is 6.02. The number of aliphatic hydroxyl groups is 1. The highest BCUT2D eigenvalue weighted by Crippen LogP contribution is 2.27. The van der Waals surface area contributed by atoms with Crippen LogP contribution in [0.2, 0.25) is 0 Å². The number of nitrogens with zero attached hydrogens (tertiary/aromatic N) is 2. The number of hydrogen-bond donors (Lipinski definition) is 2. The van der Waals surface area contributed by atoms with Gasteiger partial charge in [0.15, 0.2) is 0 Å². The second-order valence-electron chi connectivity index (χ2n) is 5.48. The molecule has 0 amide bonds. The molecule has 1 aliphatic rings. The first-order valence-electron chi connectivity index (χ1n) is 7.32. The minimum atomic E-state index is -0.144. The van der Waals surface area contributed by atoms with E-state index in [-0.39, 0.29) is 30.9 Å². The summed E-state index contributed by atoms with van der Waals surface area (Å²) in [7, 11) is 0. The third kappa shape index (κ3) is 3.55. The molecule has 2 rings (SSSR count). The maximum atomic E-state index is 9.38. The molecule has 1 saturated heterocycles. The van der Waals surface area contributed by atoms with Crippen molar-refractivity contribution in [3.05, 3.63) is 30.1 Å². The minimum absolute atomic E-state index is 0.0227. The van der Waals surface area contributed by atoms with Crippen molar-refractivity contribution in [3.63, 3.8) is 0 Å². The number of rotatable bonds is 5. The van der Waals surface area contributed by atoms with E-state index in [1.54, 1.807) is 6.20 Å². The van der Waals surface area contributed by atoms with E-state index in [9.17, 15) is 5.11 Å². The molecule has 20 heavy (non-hydrogen) atoms. The summed E-state index contributed by atoms with van der Waals surface area (Å²) < 4.78 is 5.71. The Hall–Kier alpha value is -1.01. The molecule has 4 atom stereocenters. The van der Waals surface area contributed by atoms with Gasteiger partial charge in [-0.1, -0.05) is 13.0 Å². The van der Waals surface area contributed by atoms with Gasteiger partial charge in [-0.3, -0.25) is 9.88 Å². The van der Waals surface area contributed by atoms with Gasteiger partial charge < -0.3 is 15.6 Å². The number of nitrogens with two attached hydrogens (primary N) is 1. The van der Waals surface area contributed by atoms with Crippen LogP contribution >= 0.6 is 0 Å². The molecule has 0 aromatic carbocycles. The molecule has 0 spiro atoms. The zero-order valence-corrected chi connectivity index (χ0v) is 12.3. The zero-order valence-electron chi connectivity index (χ0n) is 12.3. The van der Waals surface area contributed by atoms with E-state index in [4.69, 9.17) is 10.5 Å². The lowest BCUT2D eigenvalue weighted by atomic mass is 9.99. The predicted octanol–water partition coefficient (Wildman–Crippen LogP) is 0.942. The summed E-state index contributed by atoms with van der Waals surface area (Å²) in [4.78, 5) is 6.77. The number of pyridine rings is 1. The molecule has 0 saturated carbocycles. The fourth-order valence-corrected chi connectivity index (χ4v) is 2.86. The Morgan fingerprint density at radius 3 is 2.90 bits per heavy atom. The lowest BCUT2D eigenvalue weighted by molar-refractivity contribution is -0.108. The number of ether oxygens (including phenoxy) is 1. The second kappa shape index (κ2) is 7.13. The normalized spacial score (nSPS) is 27.2. The zero-order chi connectivity index (χ0) is 14.5. The van der Waals surface area contributed by atoms with Crippen molar-refractivity contribution in [1.29, 1.82) is 0 Å². The molecule has 4 unspecified atom stereocenters. The smallest absolute Gasteiger partial charge is 0.0936 e. The number of aliphatic hydroxyl groups excluding tert-OH is 1. The molecule has 0 aliphatic carbocycles. The minimum Gasteiger partial charge on any atom is -0.394 e. The summed E-state index contributed by atoms with van der Waals surface area (Å²) in [5, 5.41) is 9.38. The quantitative estimate of drug-likeness (QED) is 0.839. The van der Waals surface area contributed by atoms with Crippen LogP contribution in [0.3, 0.4) is 0 Å². The fourth-order valence-electron chi connectivity index (χ4n) is 2.86. The molecule has 0 bridgehead atoms. The molecule has 5 nitrogen and oxygen atoms in total. The molecular formula is C15H25N3O2. The summed E-state index contributed by atoms with van der Waals surface area (Å²) in [5.74, 6) is 0. The molecule has 1 aliphatic heterocycles. The van der Waals surface area contributed by atoms with Gasteiger partial charge in [0, 0.05) is 25.3 Å². The van der Waals surface area contributed by atoms with Gasteiger partial charge in [-0.2, -0.15) is 0 Å². The average molecular weight is 279 g/mol. The predicted molar refractivity (Wildman–Crippen MR) is 78.2 cm³/mol. The second-order valence-corrected chi connectivity index (χ2v) is 5.48. The Balaban J connectivity index is 2.22. The van der Waals surface area contributed by atoms with Crippen molar-refractivity contribution in [2.75, 3.05) is 19.7 Å². The molecule has 1 aromatic rings. The summed E-state index contributed by atoms with van der Waals surface area (Å²) in [6.45, 7) is 5.66. The van der Waals surface area contributed by atoms with E-state index < -0.39 is 0 Å². The summed E-state index contributed by atoms with van der Waals surface area (Å²) in [6.07, 6.45) is 2.64. The van der Waals surface area contributed by atoms with E-state index in [1.807, 2.05) is 25.1 Å². The van der Waals surface area contributed by atoms with Crippen molar-refractivity contribution < 1.29 is 9.84 Å². The first-order chi connectivity index (χ1) is 9.65. The van der Waals surface area contributed by atoms with Crippen LogP contribution in [-0.4, -0.2) is 52.9 Å². The van der Waals surface area contributed by atoms with Crippen LogP contribution in [-0.2, 0) is 4.74 Å². The molecular weight excluding hydrogens is 254 g/mol. The molecule has 2 heterocycles. The van der Waals surface area contributed by atoms with E-state index >= 15 is 0 Å². The fraction of sp³-hybridized carbons (Fsp3) is 0.667. The van der Waals surface area contributed by atoms with Crippen LogP contribution in [0.5, 0.6) is 0 Å². The van der Waals surface area contributed by atoms with Crippen LogP contribution in [0.15, 0.2) is 24.4 Å². The van der Waals surface area contributed by atoms with Gasteiger partial charge in [-0.15, -0.1) is 0 Å². The number of aromatic nitrogens is 1. The highest BCUT2D eigenvalue weighted by Gasteiger charge is 2.33. The molecule has 3 N–H and O–H groups in total. The Labute approximate surface area is 120 Å². The van der Waals surface area contributed by atoms with Gasteiger partial charge in [0.2, 0.25) is 0 Å². The summed E-state index contributed by atoms with van der Waals surface area (Å²) >= 11 is 0. The molecule has 1 fully saturated rings. The number of morpholine rings is 1. The standard InChI is InChI=1S/C15H25N3O2/c1-3-13(16)15(14-6-4-5-7-17-14)18-8-11(2)20-12(9-18)10-19/h4-7,11-13,15,19H,3,8-10,16H2,1-2H3. The highest BCUT2D eigenvalue weighted by atomic mass is 16.5. The topological polar surface area (TPSA) is 71.6 Å². The third-order valence-electron chi connectivity index (χ3n) is 3.82. The van der Waals surface area contributed by atoms with E-state index in [0.717, 1.165) is 18.7 Å². The molecule has 0 radical (unpaired) electrons. The van der Waals surface area contributed by atoms with E-state index in [0.29, 0.717) is 6.54 Å². The van der Waals surface area contributed by atoms with Crippen LogP contribution in [0.4, 0.5) is 0 Å². The van der Waals surface area contributed by atoms with Crippen molar-refractivity contribution in [3.8, 4) is 0 Å². The van der Waals surface area contributed by atoms with Crippen LogP contribution in [0.25, 0.3) is 0 Å². The lowest BCUT2D eigenvalue weighted by Crippen LogP contribution is -2.53. The van der Waals surface area contributed by atoms with Crippen LogP contribution in [0.1, 0.15) is 32.0 Å². The SMILES string of the molecule is CCC(N)C(c1ccccn1)N1CC(C)OC(CO)C1. The van der Waals surface area contributed by atoms with Crippen molar-refractivity contribution in [2.24, 2.45) is 5.73 Å². The highest BCUT2D eigenvalue weighted by molar-refractivity contribution is 5.12. The molecule has 112 valence electrons. The van der Waals surface area contributed by atoms with Gasteiger partial charge in [-0.25, -0.2) is 0 Å². The Kier molecular flexibility index (Phi) is 5.48. The Morgan fingerprint density at radius 2 is 2.30 bits per heavy atom. The van der Waals surface area contributed by atoms with Crippen molar-refractivity contribution in [2.45, 2.75) is 44.6 Å². The first kappa shape index (κ1) is 15.4. The van der Waals surface area contributed by atoms with Gasteiger partial charge in [-0.05, 0) is 25.5 Å². The van der Waals surface area contributed by atoms with Gasteiger partial charge >= 0.3 is 0 Å². The monoisotopic (exact) mass is 279 g/mol. The third-order valence-corrected chi connectivity index (χ3v) is 3.82.